The van der Waals surface area contributed by atoms with Gasteiger partial charge in [0.05, 0.1) is 0 Å². The molecule has 0 aromatic heterocycles. The third kappa shape index (κ3) is 3.40. The maximum atomic E-state index is 13.2. The Balaban J connectivity index is 2.47. The van der Waals surface area contributed by atoms with Gasteiger partial charge in [-0.3, -0.25) is 0 Å². The molecule has 4 heteroatoms. The lowest BCUT2D eigenvalue weighted by Crippen LogP contribution is -2.02. The van der Waals surface area contributed by atoms with Crippen LogP contribution in [0, 0.1) is 12.7 Å². The highest BCUT2D eigenvalue weighted by molar-refractivity contribution is 5.91. The fourth-order valence-electron chi connectivity index (χ4n) is 2.08. The Morgan fingerprint density at radius 2 is 1.86 bits per heavy atom. The summed E-state index contributed by atoms with van der Waals surface area (Å²) in [5, 5.41) is 9.15. The molecule has 0 spiro atoms. The smallest absolute Gasteiger partial charge is 0.339 e. The minimum Gasteiger partial charge on any atom is -0.478 e. The fraction of sp³-hybridized carbons (Fsp3) is 0.235. The first kappa shape index (κ1) is 15.0. The Hall–Kier alpha value is -2.36. The van der Waals surface area contributed by atoms with Gasteiger partial charge in [0, 0.05) is 0 Å². The van der Waals surface area contributed by atoms with Crippen molar-refractivity contribution in [1.29, 1.82) is 0 Å². The van der Waals surface area contributed by atoms with Gasteiger partial charge in [0.15, 0.2) is 0 Å². The number of hydrogen-bond acceptors (Lipinski definition) is 2. The molecule has 0 fully saturated rings. The van der Waals surface area contributed by atoms with Crippen LogP contribution < -0.4 is 4.74 Å². The number of carboxylic acid groups (broad SMARTS) is 1. The van der Waals surface area contributed by atoms with Gasteiger partial charge < -0.3 is 9.84 Å². The lowest BCUT2D eigenvalue weighted by atomic mass is 10.0. The molecule has 2 aromatic rings. The summed E-state index contributed by atoms with van der Waals surface area (Å²) in [5.41, 5.74) is 1.79. The molecule has 0 radical (unpaired) electrons. The normalized spacial score (nSPS) is 10.7. The zero-order chi connectivity index (χ0) is 15.6. The quantitative estimate of drug-likeness (QED) is 0.883. The number of hydrogen-bond donors (Lipinski definition) is 1. The van der Waals surface area contributed by atoms with Crippen LogP contribution in [0.3, 0.4) is 0 Å². The van der Waals surface area contributed by atoms with E-state index in [1.165, 1.54) is 12.1 Å². The fourth-order valence-corrected chi connectivity index (χ4v) is 2.08. The molecule has 0 bridgehead atoms. The maximum absolute atomic E-state index is 13.2. The molecule has 0 aliphatic carbocycles. The van der Waals surface area contributed by atoms with E-state index >= 15 is 0 Å². The number of ether oxygens (including phenoxy) is 1. The van der Waals surface area contributed by atoms with Crippen molar-refractivity contribution < 1.29 is 19.0 Å². The number of aryl methyl sites for hydroxylation is 1. The summed E-state index contributed by atoms with van der Waals surface area (Å²) in [7, 11) is 0. The second-order valence-corrected chi connectivity index (χ2v) is 5.24. The van der Waals surface area contributed by atoms with Crippen LogP contribution in [0.15, 0.2) is 36.4 Å². The van der Waals surface area contributed by atoms with Gasteiger partial charge in [-0.2, -0.15) is 0 Å². The Morgan fingerprint density at radius 1 is 1.14 bits per heavy atom. The van der Waals surface area contributed by atoms with Gasteiger partial charge in [-0.15, -0.1) is 0 Å². The van der Waals surface area contributed by atoms with Gasteiger partial charge in [-0.05, 0) is 48.2 Å². The van der Waals surface area contributed by atoms with Crippen LogP contribution in [0.25, 0.3) is 0 Å². The summed E-state index contributed by atoms with van der Waals surface area (Å²) in [6.45, 7) is 5.99. The Morgan fingerprint density at radius 3 is 2.48 bits per heavy atom. The molecule has 0 unspecified atom stereocenters. The molecule has 2 rings (SSSR count). The van der Waals surface area contributed by atoms with E-state index in [1.807, 2.05) is 39.0 Å². The molecule has 21 heavy (non-hydrogen) atoms. The number of aromatic carboxylic acids is 1. The lowest BCUT2D eigenvalue weighted by molar-refractivity contribution is 0.0693. The number of carboxylic acids is 1. The van der Waals surface area contributed by atoms with Crippen molar-refractivity contribution in [3.8, 4) is 11.5 Å². The van der Waals surface area contributed by atoms with Crippen molar-refractivity contribution in [3.05, 3.63) is 58.9 Å². The molecule has 0 amide bonds. The predicted octanol–water partition coefficient (Wildman–Crippen LogP) is 4.75. The molecule has 0 saturated heterocycles. The molecular weight excluding hydrogens is 271 g/mol. The largest absolute Gasteiger partial charge is 0.478 e. The SMILES string of the molecule is Cc1ccc(C(C)C)c(Oc2ccc(F)cc2C(=O)O)c1. The minimum atomic E-state index is -1.22. The maximum Gasteiger partial charge on any atom is 0.339 e. The Bertz CT molecular complexity index is 678. The molecule has 0 aliphatic heterocycles. The lowest BCUT2D eigenvalue weighted by Gasteiger charge is -2.15. The second-order valence-electron chi connectivity index (χ2n) is 5.24. The summed E-state index contributed by atoms with van der Waals surface area (Å²) >= 11 is 0. The molecule has 0 atom stereocenters. The zero-order valence-corrected chi connectivity index (χ0v) is 12.2. The zero-order valence-electron chi connectivity index (χ0n) is 12.2. The first-order valence-electron chi connectivity index (χ1n) is 6.69. The molecule has 110 valence electrons. The van der Waals surface area contributed by atoms with Crippen LogP contribution in [0.2, 0.25) is 0 Å². The van der Waals surface area contributed by atoms with Crippen LogP contribution in [-0.4, -0.2) is 11.1 Å². The highest BCUT2D eigenvalue weighted by atomic mass is 19.1. The van der Waals surface area contributed by atoms with Gasteiger partial charge in [-0.25, -0.2) is 9.18 Å². The van der Waals surface area contributed by atoms with E-state index in [9.17, 15) is 9.18 Å². The van der Waals surface area contributed by atoms with Crippen molar-refractivity contribution in [3.63, 3.8) is 0 Å². The van der Waals surface area contributed by atoms with Gasteiger partial charge in [0.25, 0.3) is 0 Å². The Labute approximate surface area is 123 Å². The third-order valence-electron chi connectivity index (χ3n) is 3.18. The number of halogens is 1. The summed E-state index contributed by atoms with van der Waals surface area (Å²) in [6, 6.07) is 9.27. The highest BCUT2D eigenvalue weighted by Crippen LogP contribution is 2.33. The molecule has 1 N–H and O–H groups in total. The van der Waals surface area contributed by atoms with Crippen molar-refractivity contribution in [2.24, 2.45) is 0 Å². The summed E-state index contributed by atoms with van der Waals surface area (Å²) < 4.78 is 19.0. The van der Waals surface area contributed by atoms with E-state index in [1.54, 1.807) is 0 Å². The van der Waals surface area contributed by atoms with E-state index in [0.717, 1.165) is 17.2 Å². The van der Waals surface area contributed by atoms with E-state index < -0.39 is 11.8 Å². The number of rotatable bonds is 4. The average molecular weight is 288 g/mol. The third-order valence-corrected chi connectivity index (χ3v) is 3.18. The molecule has 0 saturated carbocycles. The number of carbonyl (C=O) groups is 1. The summed E-state index contributed by atoms with van der Waals surface area (Å²) in [5.74, 6) is -0.860. The first-order chi connectivity index (χ1) is 9.88. The van der Waals surface area contributed by atoms with E-state index in [2.05, 4.69) is 0 Å². The van der Waals surface area contributed by atoms with Crippen LogP contribution in [0.4, 0.5) is 4.39 Å². The minimum absolute atomic E-state index is 0.136. The molecule has 0 aliphatic rings. The predicted molar refractivity (Wildman–Crippen MR) is 78.7 cm³/mol. The van der Waals surface area contributed by atoms with Crippen molar-refractivity contribution in [1.82, 2.24) is 0 Å². The summed E-state index contributed by atoms with van der Waals surface area (Å²) in [4.78, 5) is 11.2. The van der Waals surface area contributed by atoms with Gasteiger partial charge in [0.2, 0.25) is 0 Å². The number of benzene rings is 2. The molecule has 0 heterocycles. The Kier molecular flexibility index (Phi) is 4.26. The summed E-state index contributed by atoms with van der Waals surface area (Å²) in [6.07, 6.45) is 0. The standard InChI is InChI=1S/C17H17FO3/c1-10(2)13-6-4-11(3)8-16(13)21-15-7-5-12(18)9-14(15)17(19)20/h4-10H,1-3H3,(H,19,20). The topological polar surface area (TPSA) is 46.5 Å². The van der Waals surface area contributed by atoms with E-state index in [4.69, 9.17) is 9.84 Å². The average Bonchev–Trinajstić information content (AvgIpc) is 2.40. The van der Waals surface area contributed by atoms with Crippen molar-refractivity contribution in [2.75, 3.05) is 0 Å². The van der Waals surface area contributed by atoms with Crippen LogP contribution in [0.1, 0.15) is 41.3 Å². The van der Waals surface area contributed by atoms with Crippen molar-refractivity contribution in [2.45, 2.75) is 26.7 Å². The van der Waals surface area contributed by atoms with Crippen molar-refractivity contribution >= 4 is 5.97 Å². The van der Waals surface area contributed by atoms with Crippen LogP contribution >= 0.6 is 0 Å². The molecular formula is C17H17FO3. The van der Waals surface area contributed by atoms with E-state index in [-0.39, 0.29) is 17.2 Å². The van der Waals surface area contributed by atoms with Crippen LogP contribution in [0.5, 0.6) is 11.5 Å². The molecule has 2 aromatic carbocycles. The van der Waals surface area contributed by atoms with Gasteiger partial charge >= 0.3 is 5.97 Å². The van der Waals surface area contributed by atoms with Gasteiger partial charge in [0.1, 0.15) is 22.9 Å². The van der Waals surface area contributed by atoms with E-state index in [0.29, 0.717) is 5.75 Å². The van der Waals surface area contributed by atoms with Crippen LogP contribution in [-0.2, 0) is 0 Å². The van der Waals surface area contributed by atoms with Gasteiger partial charge in [-0.1, -0.05) is 26.0 Å². The first-order valence-corrected chi connectivity index (χ1v) is 6.69. The second kappa shape index (κ2) is 5.95. The highest BCUT2D eigenvalue weighted by Gasteiger charge is 2.16. The monoisotopic (exact) mass is 288 g/mol. The molecule has 3 nitrogen and oxygen atoms in total.